The Morgan fingerprint density at radius 2 is 1.84 bits per heavy atom. The van der Waals surface area contributed by atoms with Gasteiger partial charge < -0.3 is 24.4 Å². The summed E-state index contributed by atoms with van der Waals surface area (Å²) in [7, 11) is 2.63. The first kappa shape index (κ1) is 17.8. The van der Waals surface area contributed by atoms with E-state index in [-0.39, 0.29) is 19.1 Å². The zero-order valence-corrected chi connectivity index (χ0v) is 11.7. The van der Waals surface area contributed by atoms with Crippen molar-refractivity contribution >= 4 is 11.9 Å². The van der Waals surface area contributed by atoms with E-state index in [0.29, 0.717) is 6.61 Å². The molecule has 0 aliphatic carbocycles. The molecule has 0 aromatic rings. The SMILES string of the molecule is COCC(C)OCC(O)CC(C)(C(=O)O)C(=O)OC. The van der Waals surface area contributed by atoms with E-state index in [9.17, 15) is 14.7 Å². The van der Waals surface area contributed by atoms with Crippen LogP contribution in [0, 0.1) is 5.41 Å². The molecule has 0 aliphatic heterocycles. The predicted octanol–water partition coefficient (Wildman–Crippen LogP) is 0.0528. The minimum absolute atomic E-state index is 0.0790. The fourth-order valence-electron chi connectivity index (χ4n) is 1.57. The average molecular weight is 278 g/mol. The Kier molecular flexibility index (Phi) is 7.58. The lowest BCUT2D eigenvalue weighted by atomic mass is 9.84. The van der Waals surface area contributed by atoms with Crippen LogP contribution in [0.25, 0.3) is 0 Å². The molecule has 0 fully saturated rings. The lowest BCUT2D eigenvalue weighted by molar-refractivity contribution is -0.168. The van der Waals surface area contributed by atoms with Crippen molar-refractivity contribution in [3.05, 3.63) is 0 Å². The second-order valence-corrected chi connectivity index (χ2v) is 4.59. The van der Waals surface area contributed by atoms with Crippen LogP contribution in [0.5, 0.6) is 0 Å². The van der Waals surface area contributed by atoms with Gasteiger partial charge in [-0.25, -0.2) is 0 Å². The predicted molar refractivity (Wildman–Crippen MR) is 65.7 cm³/mol. The zero-order valence-electron chi connectivity index (χ0n) is 11.7. The van der Waals surface area contributed by atoms with Crippen LogP contribution in [0.3, 0.4) is 0 Å². The van der Waals surface area contributed by atoms with Gasteiger partial charge in [0.05, 0.1) is 32.5 Å². The van der Waals surface area contributed by atoms with Crippen molar-refractivity contribution in [2.75, 3.05) is 27.4 Å². The van der Waals surface area contributed by atoms with Gasteiger partial charge in [0.25, 0.3) is 0 Å². The number of hydrogen-bond donors (Lipinski definition) is 2. The van der Waals surface area contributed by atoms with E-state index in [1.54, 1.807) is 6.92 Å². The van der Waals surface area contributed by atoms with Crippen LogP contribution in [0.4, 0.5) is 0 Å². The molecule has 7 nitrogen and oxygen atoms in total. The van der Waals surface area contributed by atoms with Gasteiger partial charge >= 0.3 is 11.9 Å². The second kappa shape index (κ2) is 8.08. The van der Waals surface area contributed by atoms with E-state index in [4.69, 9.17) is 14.6 Å². The maximum Gasteiger partial charge on any atom is 0.323 e. The highest BCUT2D eigenvalue weighted by Crippen LogP contribution is 2.25. The third kappa shape index (κ3) is 5.54. The lowest BCUT2D eigenvalue weighted by Crippen LogP contribution is -2.41. The summed E-state index contributed by atoms with van der Waals surface area (Å²) in [6, 6.07) is 0. The molecule has 0 radical (unpaired) electrons. The summed E-state index contributed by atoms with van der Waals surface area (Å²) in [4.78, 5) is 22.6. The molecule has 0 amide bonds. The van der Waals surface area contributed by atoms with Crippen molar-refractivity contribution in [3.63, 3.8) is 0 Å². The molecule has 0 aromatic heterocycles. The highest BCUT2D eigenvalue weighted by molar-refractivity contribution is 5.98. The number of carboxylic acid groups (broad SMARTS) is 1. The monoisotopic (exact) mass is 278 g/mol. The van der Waals surface area contributed by atoms with Gasteiger partial charge in [-0.15, -0.1) is 0 Å². The van der Waals surface area contributed by atoms with Crippen LogP contribution in [0.2, 0.25) is 0 Å². The Balaban J connectivity index is 4.45. The van der Waals surface area contributed by atoms with Crippen LogP contribution in [0.15, 0.2) is 0 Å². The Hall–Kier alpha value is -1.18. The Morgan fingerprint density at radius 1 is 1.26 bits per heavy atom. The van der Waals surface area contributed by atoms with Crippen LogP contribution >= 0.6 is 0 Å². The maximum absolute atomic E-state index is 11.5. The highest BCUT2D eigenvalue weighted by atomic mass is 16.5. The minimum atomic E-state index is -1.79. The molecule has 0 bridgehead atoms. The fraction of sp³-hybridized carbons (Fsp3) is 0.833. The molecule has 0 heterocycles. The quantitative estimate of drug-likeness (QED) is 0.454. The number of carboxylic acids is 1. The summed E-state index contributed by atoms with van der Waals surface area (Å²) in [5.41, 5.74) is -1.79. The molecule has 112 valence electrons. The molecule has 0 spiro atoms. The molecule has 3 atom stereocenters. The van der Waals surface area contributed by atoms with Crippen LogP contribution in [-0.2, 0) is 23.8 Å². The van der Waals surface area contributed by atoms with Crippen molar-refractivity contribution < 1.29 is 34.0 Å². The normalized spacial score (nSPS) is 17.3. The van der Waals surface area contributed by atoms with Gasteiger partial charge in [0.2, 0.25) is 0 Å². The minimum Gasteiger partial charge on any atom is -0.480 e. The number of methoxy groups -OCH3 is 2. The van der Waals surface area contributed by atoms with E-state index >= 15 is 0 Å². The molecular weight excluding hydrogens is 256 g/mol. The summed E-state index contributed by atoms with van der Waals surface area (Å²) in [5, 5.41) is 18.8. The van der Waals surface area contributed by atoms with Gasteiger partial charge in [0.1, 0.15) is 0 Å². The molecule has 2 N–H and O–H groups in total. The first-order chi connectivity index (χ1) is 8.77. The molecule has 19 heavy (non-hydrogen) atoms. The third-order valence-electron chi connectivity index (χ3n) is 2.73. The molecular formula is C12H22O7. The topological polar surface area (TPSA) is 102 Å². The van der Waals surface area contributed by atoms with E-state index < -0.39 is 23.5 Å². The molecule has 3 unspecified atom stereocenters. The lowest BCUT2D eigenvalue weighted by Gasteiger charge is -2.25. The maximum atomic E-state index is 11.5. The van der Waals surface area contributed by atoms with Crippen molar-refractivity contribution in [1.29, 1.82) is 0 Å². The number of carbonyl (C=O) groups excluding carboxylic acids is 1. The number of esters is 1. The van der Waals surface area contributed by atoms with Crippen LogP contribution in [-0.4, -0.2) is 61.8 Å². The first-order valence-corrected chi connectivity index (χ1v) is 5.88. The van der Waals surface area contributed by atoms with E-state index in [0.717, 1.165) is 7.11 Å². The van der Waals surface area contributed by atoms with Crippen molar-refractivity contribution in [2.45, 2.75) is 32.5 Å². The number of rotatable bonds is 9. The Morgan fingerprint density at radius 3 is 2.26 bits per heavy atom. The van der Waals surface area contributed by atoms with Crippen LogP contribution < -0.4 is 0 Å². The summed E-state index contributed by atoms with van der Waals surface area (Å²) in [6.07, 6.45) is -1.59. The first-order valence-electron chi connectivity index (χ1n) is 5.88. The second-order valence-electron chi connectivity index (χ2n) is 4.59. The molecule has 0 rings (SSSR count). The van der Waals surface area contributed by atoms with Gasteiger partial charge in [0, 0.05) is 13.5 Å². The number of hydrogen-bond acceptors (Lipinski definition) is 6. The van der Waals surface area contributed by atoms with E-state index in [1.807, 2.05) is 0 Å². The summed E-state index contributed by atoms with van der Waals surface area (Å²) >= 11 is 0. The largest absolute Gasteiger partial charge is 0.480 e. The van der Waals surface area contributed by atoms with Gasteiger partial charge in [-0.2, -0.15) is 0 Å². The van der Waals surface area contributed by atoms with Crippen molar-refractivity contribution in [1.82, 2.24) is 0 Å². The van der Waals surface area contributed by atoms with Crippen LogP contribution in [0.1, 0.15) is 20.3 Å². The summed E-state index contributed by atoms with van der Waals surface area (Å²) in [5.74, 6) is -2.24. The van der Waals surface area contributed by atoms with Gasteiger partial charge in [-0.3, -0.25) is 9.59 Å². The van der Waals surface area contributed by atoms with Crippen molar-refractivity contribution in [3.8, 4) is 0 Å². The number of aliphatic carboxylic acids is 1. The molecule has 0 saturated heterocycles. The highest BCUT2D eigenvalue weighted by Gasteiger charge is 2.44. The summed E-state index contributed by atoms with van der Waals surface area (Å²) < 4.78 is 14.6. The smallest absolute Gasteiger partial charge is 0.323 e. The van der Waals surface area contributed by atoms with Gasteiger partial charge in [-0.1, -0.05) is 0 Å². The number of aliphatic hydroxyl groups is 1. The molecule has 0 saturated carbocycles. The molecule has 0 aromatic carbocycles. The van der Waals surface area contributed by atoms with E-state index in [2.05, 4.69) is 4.74 Å². The number of aliphatic hydroxyl groups excluding tert-OH is 1. The average Bonchev–Trinajstić information content (AvgIpc) is 2.35. The summed E-state index contributed by atoms with van der Waals surface area (Å²) in [6.45, 7) is 3.25. The fourth-order valence-corrected chi connectivity index (χ4v) is 1.57. The van der Waals surface area contributed by atoms with Gasteiger partial charge in [0.15, 0.2) is 5.41 Å². The third-order valence-corrected chi connectivity index (χ3v) is 2.73. The molecule has 7 heteroatoms. The zero-order chi connectivity index (χ0) is 15.1. The Labute approximate surface area is 112 Å². The van der Waals surface area contributed by atoms with E-state index in [1.165, 1.54) is 14.0 Å². The Bertz CT molecular complexity index is 304. The van der Waals surface area contributed by atoms with Gasteiger partial charge in [-0.05, 0) is 13.8 Å². The molecule has 0 aliphatic rings. The number of ether oxygens (including phenoxy) is 3. The number of carbonyl (C=O) groups is 2. The van der Waals surface area contributed by atoms with Crippen molar-refractivity contribution in [2.24, 2.45) is 5.41 Å². The standard InChI is InChI=1S/C12H22O7/c1-8(6-17-3)19-7-9(13)5-12(2,10(14)15)11(16)18-4/h8-9,13H,5-7H2,1-4H3,(H,14,15).